The summed E-state index contributed by atoms with van der Waals surface area (Å²) in [6.45, 7) is 7.63. The molecule has 220 valence electrons. The van der Waals surface area contributed by atoms with Crippen LogP contribution in [0.15, 0.2) is 93.9 Å². The molecule has 0 saturated carbocycles. The van der Waals surface area contributed by atoms with Gasteiger partial charge < -0.3 is 5.11 Å². The molecule has 0 spiro atoms. The molecule has 0 saturated heterocycles. The number of carbonyl (C=O) groups excluding carboxylic acids is 4. The van der Waals surface area contributed by atoms with Crippen molar-refractivity contribution in [2.24, 2.45) is 0 Å². The van der Waals surface area contributed by atoms with Crippen LogP contribution in [0.5, 0.6) is 0 Å². The number of rotatable bonds is 3. The fraction of sp³-hybridized carbons (Fsp3) is 0.176. The number of aryl methyl sites for hydroxylation is 2. The minimum Gasteiger partial charge on any atom is -0.389 e. The maximum Gasteiger partial charge on any atom is 0.262 e. The van der Waals surface area contributed by atoms with Gasteiger partial charge in [-0.1, -0.05) is 68.3 Å². The standard InChI is InChI=1S/C17H14BrNO2.C9H11BrO.C8H5NO2/c1-10-9-12(18)7-8-13(10)11(2)19-16(20)14-5-3-4-6-15(14)17(19)21;1-6-5-8(10)3-4-9(6)7(2)11;10-7-5-3-1-2-4-6(5)8(11)9-7/h3-9,11H,1-2H3;3-5,7,11H,1-2H3;1-4H,(H,9,10,11). The van der Waals surface area contributed by atoms with E-state index in [2.05, 4.69) is 37.2 Å². The molecule has 2 heterocycles. The summed E-state index contributed by atoms with van der Waals surface area (Å²) >= 11 is 6.79. The molecule has 0 aromatic heterocycles. The Balaban J connectivity index is 0.000000162. The fourth-order valence-corrected chi connectivity index (χ4v) is 5.98. The monoisotopic (exact) mass is 704 g/mol. The molecule has 0 bridgehead atoms. The Morgan fingerprint density at radius 1 is 0.628 bits per heavy atom. The SMILES string of the molecule is Cc1cc(Br)ccc1C(C)N1C(=O)c2ccccc2C1=O.Cc1cc(Br)ccc1C(C)O.O=C1NC(=O)c2ccccc21. The lowest BCUT2D eigenvalue weighted by Gasteiger charge is -2.24. The van der Waals surface area contributed by atoms with Gasteiger partial charge in [0.1, 0.15) is 0 Å². The van der Waals surface area contributed by atoms with E-state index in [9.17, 15) is 24.3 Å². The molecule has 2 aliphatic heterocycles. The van der Waals surface area contributed by atoms with Crippen LogP contribution < -0.4 is 5.32 Å². The molecule has 4 amide bonds. The highest BCUT2D eigenvalue weighted by atomic mass is 79.9. The zero-order valence-corrected chi connectivity index (χ0v) is 27.2. The van der Waals surface area contributed by atoms with Crippen LogP contribution in [0, 0.1) is 13.8 Å². The zero-order chi connectivity index (χ0) is 31.4. The van der Waals surface area contributed by atoms with Gasteiger partial charge in [-0.15, -0.1) is 0 Å². The summed E-state index contributed by atoms with van der Waals surface area (Å²) in [7, 11) is 0. The summed E-state index contributed by atoms with van der Waals surface area (Å²) in [6, 6.07) is 25.2. The second-order valence-corrected chi connectivity index (χ2v) is 12.0. The highest BCUT2D eigenvalue weighted by Gasteiger charge is 2.38. The molecule has 2 unspecified atom stereocenters. The summed E-state index contributed by atoms with van der Waals surface area (Å²) in [5, 5.41) is 11.5. The summed E-state index contributed by atoms with van der Waals surface area (Å²) in [6.07, 6.45) is -0.372. The number of fused-ring (bicyclic) bond motifs is 2. The third-order valence-electron chi connectivity index (χ3n) is 7.22. The Kier molecular flexibility index (Phi) is 10.1. The van der Waals surface area contributed by atoms with Crippen molar-refractivity contribution < 1.29 is 24.3 Å². The van der Waals surface area contributed by atoms with Crippen molar-refractivity contribution in [2.75, 3.05) is 0 Å². The lowest BCUT2D eigenvalue weighted by Crippen LogP contribution is -2.32. The van der Waals surface area contributed by atoms with Gasteiger partial charge in [-0.25, -0.2) is 0 Å². The van der Waals surface area contributed by atoms with E-state index in [1.54, 1.807) is 55.5 Å². The number of hydrogen-bond donors (Lipinski definition) is 2. The number of nitrogens with zero attached hydrogens (tertiary/aromatic N) is 1. The van der Waals surface area contributed by atoms with Gasteiger partial charge in [-0.3, -0.25) is 29.4 Å². The predicted octanol–water partition coefficient (Wildman–Crippen LogP) is 7.50. The van der Waals surface area contributed by atoms with E-state index >= 15 is 0 Å². The van der Waals surface area contributed by atoms with E-state index in [1.807, 2.05) is 57.2 Å². The highest BCUT2D eigenvalue weighted by Crippen LogP contribution is 2.33. The largest absolute Gasteiger partial charge is 0.389 e. The molecule has 0 radical (unpaired) electrons. The summed E-state index contributed by atoms with van der Waals surface area (Å²) in [5.74, 6) is -1.04. The second-order valence-electron chi connectivity index (χ2n) is 10.2. The maximum atomic E-state index is 12.5. The van der Waals surface area contributed by atoms with Crippen LogP contribution in [0.4, 0.5) is 0 Å². The van der Waals surface area contributed by atoms with Crippen LogP contribution in [0.25, 0.3) is 0 Å². The Hall–Kier alpha value is -3.92. The summed E-state index contributed by atoms with van der Waals surface area (Å²) in [5.41, 5.74) is 6.06. The Bertz CT molecular complexity index is 1670. The third kappa shape index (κ3) is 7.01. The first-order valence-electron chi connectivity index (χ1n) is 13.5. The Morgan fingerprint density at radius 3 is 1.42 bits per heavy atom. The van der Waals surface area contributed by atoms with Crippen LogP contribution in [0.3, 0.4) is 0 Å². The topological polar surface area (TPSA) is 104 Å². The smallest absolute Gasteiger partial charge is 0.262 e. The van der Waals surface area contributed by atoms with Gasteiger partial charge in [0.2, 0.25) is 0 Å². The number of aliphatic hydroxyl groups is 1. The number of halogens is 2. The van der Waals surface area contributed by atoms with Gasteiger partial charge in [0.05, 0.1) is 34.4 Å². The average molecular weight is 706 g/mol. The molecular formula is C34H30Br2N2O5. The molecule has 2 N–H and O–H groups in total. The number of imide groups is 2. The summed E-state index contributed by atoms with van der Waals surface area (Å²) < 4.78 is 2.04. The Labute approximate surface area is 267 Å². The van der Waals surface area contributed by atoms with Crippen LogP contribution in [0.1, 0.15) is 89.7 Å². The van der Waals surface area contributed by atoms with E-state index in [4.69, 9.17) is 0 Å². The normalized spacial score (nSPS) is 14.5. The number of nitrogens with one attached hydrogen (secondary N) is 1. The van der Waals surface area contributed by atoms with Gasteiger partial charge in [0.25, 0.3) is 23.6 Å². The number of benzene rings is 4. The minimum atomic E-state index is -0.372. The van der Waals surface area contributed by atoms with Gasteiger partial charge in [-0.2, -0.15) is 0 Å². The molecule has 0 fully saturated rings. The van der Waals surface area contributed by atoms with Crippen molar-refractivity contribution in [1.29, 1.82) is 0 Å². The number of carbonyl (C=O) groups is 4. The number of amides is 4. The molecule has 4 aromatic carbocycles. The molecule has 7 nitrogen and oxygen atoms in total. The molecular weight excluding hydrogens is 676 g/mol. The lowest BCUT2D eigenvalue weighted by molar-refractivity contribution is 0.0594. The fourth-order valence-electron chi connectivity index (χ4n) is 5.03. The maximum absolute atomic E-state index is 12.5. The lowest BCUT2D eigenvalue weighted by atomic mass is 10.0. The van der Waals surface area contributed by atoms with Crippen molar-refractivity contribution in [3.05, 3.63) is 138 Å². The molecule has 9 heteroatoms. The first-order chi connectivity index (χ1) is 20.4. The zero-order valence-electron chi connectivity index (χ0n) is 24.0. The van der Waals surface area contributed by atoms with E-state index < -0.39 is 0 Å². The van der Waals surface area contributed by atoms with Gasteiger partial charge >= 0.3 is 0 Å². The van der Waals surface area contributed by atoms with Gasteiger partial charge in [-0.05, 0) is 98.5 Å². The highest BCUT2D eigenvalue weighted by molar-refractivity contribution is 9.10. The molecule has 6 rings (SSSR count). The first-order valence-corrected chi connectivity index (χ1v) is 15.1. The van der Waals surface area contributed by atoms with Crippen LogP contribution >= 0.6 is 31.9 Å². The molecule has 4 aromatic rings. The summed E-state index contributed by atoms with van der Waals surface area (Å²) in [4.78, 5) is 48.2. The second kappa shape index (κ2) is 13.6. The number of hydrogen-bond acceptors (Lipinski definition) is 5. The quantitative estimate of drug-likeness (QED) is 0.215. The van der Waals surface area contributed by atoms with Crippen LogP contribution in [0.2, 0.25) is 0 Å². The molecule has 43 heavy (non-hydrogen) atoms. The first kappa shape index (κ1) is 32.0. The minimum absolute atomic E-state index is 0.217. The van der Waals surface area contributed by atoms with E-state index in [1.165, 1.54) is 4.90 Å². The number of aliphatic hydroxyl groups excluding tert-OH is 1. The molecule has 2 atom stereocenters. The Morgan fingerprint density at radius 2 is 1.02 bits per heavy atom. The third-order valence-corrected chi connectivity index (χ3v) is 8.21. The molecule has 2 aliphatic rings. The van der Waals surface area contributed by atoms with Crippen molar-refractivity contribution >= 4 is 55.5 Å². The van der Waals surface area contributed by atoms with Crippen molar-refractivity contribution in [3.8, 4) is 0 Å². The van der Waals surface area contributed by atoms with E-state index in [0.717, 1.165) is 31.2 Å². The predicted molar refractivity (Wildman–Crippen MR) is 172 cm³/mol. The van der Waals surface area contributed by atoms with E-state index in [-0.39, 0.29) is 35.8 Å². The van der Waals surface area contributed by atoms with Crippen LogP contribution in [-0.2, 0) is 0 Å². The van der Waals surface area contributed by atoms with Crippen molar-refractivity contribution in [1.82, 2.24) is 10.2 Å². The van der Waals surface area contributed by atoms with Gasteiger partial charge in [0.15, 0.2) is 0 Å². The van der Waals surface area contributed by atoms with Crippen LogP contribution in [-0.4, -0.2) is 33.6 Å². The van der Waals surface area contributed by atoms with E-state index in [0.29, 0.717) is 22.3 Å². The molecule has 0 aliphatic carbocycles. The van der Waals surface area contributed by atoms with Crippen molar-refractivity contribution in [3.63, 3.8) is 0 Å². The average Bonchev–Trinajstić information content (AvgIpc) is 3.40. The van der Waals surface area contributed by atoms with Gasteiger partial charge in [0, 0.05) is 8.95 Å². The van der Waals surface area contributed by atoms with Crippen molar-refractivity contribution in [2.45, 2.75) is 39.8 Å².